The van der Waals surface area contributed by atoms with Gasteiger partial charge in [-0.1, -0.05) is 24.3 Å². The number of morpholine rings is 1. The summed E-state index contributed by atoms with van der Waals surface area (Å²) in [6, 6.07) is 16.3. The first kappa shape index (κ1) is 21.1. The highest BCUT2D eigenvalue weighted by Gasteiger charge is 2.23. The number of anilines is 1. The minimum atomic E-state index is 0.0262. The SMILES string of the molecule is COc1ccc(CC(=O)NC[C@@H](c2ccc(N(C)C)cc2)N2CCOCC2)cc1. The van der Waals surface area contributed by atoms with E-state index in [0.717, 1.165) is 43.3 Å². The van der Waals surface area contributed by atoms with Gasteiger partial charge in [0.05, 0.1) is 32.8 Å². The highest BCUT2D eigenvalue weighted by molar-refractivity contribution is 5.78. The molecule has 0 bridgehead atoms. The summed E-state index contributed by atoms with van der Waals surface area (Å²) in [6.45, 7) is 3.78. The van der Waals surface area contributed by atoms with Gasteiger partial charge in [0.25, 0.3) is 0 Å². The lowest BCUT2D eigenvalue weighted by molar-refractivity contribution is -0.120. The Kier molecular flexibility index (Phi) is 7.49. The summed E-state index contributed by atoms with van der Waals surface area (Å²) in [5.41, 5.74) is 3.35. The monoisotopic (exact) mass is 397 g/mol. The van der Waals surface area contributed by atoms with Crippen LogP contribution in [-0.4, -0.2) is 64.9 Å². The van der Waals surface area contributed by atoms with Gasteiger partial charge in [-0.25, -0.2) is 0 Å². The maximum atomic E-state index is 12.5. The van der Waals surface area contributed by atoms with Crippen molar-refractivity contribution in [1.29, 1.82) is 0 Å². The van der Waals surface area contributed by atoms with Crippen molar-refractivity contribution in [3.8, 4) is 5.75 Å². The summed E-state index contributed by atoms with van der Waals surface area (Å²) in [4.78, 5) is 17.0. The van der Waals surface area contributed by atoms with E-state index in [4.69, 9.17) is 9.47 Å². The van der Waals surface area contributed by atoms with Gasteiger partial charge >= 0.3 is 0 Å². The molecule has 1 saturated heterocycles. The van der Waals surface area contributed by atoms with Crippen LogP contribution < -0.4 is 15.0 Å². The summed E-state index contributed by atoms with van der Waals surface area (Å²) < 4.78 is 10.7. The number of benzene rings is 2. The molecule has 3 rings (SSSR count). The van der Waals surface area contributed by atoms with Crippen LogP contribution in [0.4, 0.5) is 5.69 Å². The molecule has 1 heterocycles. The first-order valence-corrected chi connectivity index (χ1v) is 10.1. The molecule has 0 radical (unpaired) electrons. The van der Waals surface area contributed by atoms with Gasteiger partial charge in [-0.3, -0.25) is 9.69 Å². The lowest BCUT2D eigenvalue weighted by Crippen LogP contribution is -2.44. The van der Waals surface area contributed by atoms with Crippen molar-refractivity contribution < 1.29 is 14.3 Å². The molecule has 0 saturated carbocycles. The molecule has 2 aromatic rings. The van der Waals surface area contributed by atoms with Crippen LogP contribution in [0.15, 0.2) is 48.5 Å². The molecule has 1 aliphatic heterocycles. The second-order valence-corrected chi connectivity index (χ2v) is 7.48. The van der Waals surface area contributed by atoms with Crippen LogP contribution in [0.1, 0.15) is 17.2 Å². The lowest BCUT2D eigenvalue weighted by Gasteiger charge is -2.35. The molecule has 6 heteroatoms. The Balaban J connectivity index is 1.65. The fraction of sp³-hybridized carbons (Fsp3) is 0.435. The van der Waals surface area contributed by atoms with E-state index in [-0.39, 0.29) is 11.9 Å². The van der Waals surface area contributed by atoms with Gasteiger partial charge in [-0.05, 0) is 35.4 Å². The molecular formula is C23H31N3O3. The van der Waals surface area contributed by atoms with Gasteiger partial charge in [-0.2, -0.15) is 0 Å². The lowest BCUT2D eigenvalue weighted by atomic mass is 10.0. The molecule has 1 aliphatic rings. The molecule has 1 N–H and O–H groups in total. The third-order valence-corrected chi connectivity index (χ3v) is 5.30. The van der Waals surface area contributed by atoms with Crippen molar-refractivity contribution in [2.45, 2.75) is 12.5 Å². The average Bonchev–Trinajstić information content (AvgIpc) is 2.75. The molecule has 29 heavy (non-hydrogen) atoms. The molecule has 6 nitrogen and oxygen atoms in total. The fourth-order valence-corrected chi connectivity index (χ4v) is 3.54. The Morgan fingerprint density at radius 2 is 1.76 bits per heavy atom. The number of amides is 1. The zero-order valence-electron chi connectivity index (χ0n) is 17.6. The van der Waals surface area contributed by atoms with Gasteiger partial charge < -0.3 is 19.7 Å². The number of rotatable bonds is 8. The van der Waals surface area contributed by atoms with Gasteiger partial charge in [0.2, 0.25) is 5.91 Å². The van der Waals surface area contributed by atoms with Crippen molar-refractivity contribution in [1.82, 2.24) is 10.2 Å². The topological polar surface area (TPSA) is 54.0 Å². The molecule has 0 aromatic heterocycles. The first-order chi connectivity index (χ1) is 14.1. The standard InChI is InChI=1S/C23H31N3O3/c1-25(2)20-8-6-19(7-9-20)22(26-12-14-29-15-13-26)17-24-23(27)16-18-4-10-21(28-3)11-5-18/h4-11,22H,12-17H2,1-3H3,(H,24,27)/t22-/m0/s1. The second-order valence-electron chi connectivity index (χ2n) is 7.48. The minimum Gasteiger partial charge on any atom is -0.497 e. The minimum absolute atomic E-state index is 0.0262. The summed E-state index contributed by atoms with van der Waals surface area (Å²) in [7, 11) is 5.71. The number of nitrogens with zero attached hydrogens (tertiary/aromatic N) is 2. The molecular weight excluding hydrogens is 366 g/mol. The zero-order chi connectivity index (χ0) is 20.6. The van der Waals surface area contributed by atoms with Crippen molar-refractivity contribution in [3.05, 3.63) is 59.7 Å². The summed E-state index contributed by atoms with van der Waals surface area (Å²) in [5.74, 6) is 0.820. The van der Waals surface area contributed by atoms with E-state index >= 15 is 0 Å². The molecule has 1 atom stereocenters. The average molecular weight is 398 g/mol. The van der Waals surface area contributed by atoms with Crippen LogP contribution in [0.25, 0.3) is 0 Å². The highest BCUT2D eigenvalue weighted by Crippen LogP contribution is 2.24. The summed E-state index contributed by atoms with van der Waals surface area (Å²) in [6.07, 6.45) is 0.361. The van der Waals surface area contributed by atoms with Gasteiger partial charge in [0, 0.05) is 39.4 Å². The number of carbonyl (C=O) groups excluding carboxylic acids is 1. The normalized spacial score (nSPS) is 15.6. The van der Waals surface area contributed by atoms with E-state index in [2.05, 4.69) is 39.4 Å². The van der Waals surface area contributed by atoms with Gasteiger partial charge in [0.15, 0.2) is 0 Å². The van der Waals surface area contributed by atoms with E-state index in [9.17, 15) is 4.79 Å². The zero-order valence-corrected chi connectivity index (χ0v) is 17.6. The Morgan fingerprint density at radius 3 is 2.34 bits per heavy atom. The summed E-state index contributed by atoms with van der Waals surface area (Å²) >= 11 is 0. The predicted octanol–water partition coefficient (Wildman–Crippen LogP) is 2.49. The number of ether oxygens (including phenoxy) is 2. The van der Waals surface area contributed by atoms with Crippen LogP contribution in [0, 0.1) is 0 Å². The van der Waals surface area contributed by atoms with E-state index < -0.39 is 0 Å². The fourth-order valence-electron chi connectivity index (χ4n) is 3.54. The number of methoxy groups -OCH3 is 1. The number of hydrogen-bond donors (Lipinski definition) is 1. The van der Waals surface area contributed by atoms with Crippen molar-refractivity contribution in [2.75, 3.05) is 59.0 Å². The van der Waals surface area contributed by atoms with Crippen LogP contribution >= 0.6 is 0 Å². The van der Waals surface area contributed by atoms with E-state index in [0.29, 0.717) is 13.0 Å². The van der Waals surface area contributed by atoms with Crippen LogP contribution in [0.2, 0.25) is 0 Å². The third-order valence-electron chi connectivity index (χ3n) is 5.30. The largest absolute Gasteiger partial charge is 0.497 e. The Hall–Kier alpha value is -2.57. The third kappa shape index (κ3) is 5.95. The van der Waals surface area contributed by atoms with Crippen LogP contribution in [-0.2, 0) is 16.0 Å². The van der Waals surface area contributed by atoms with Crippen molar-refractivity contribution >= 4 is 11.6 Å². The molecule has 0 unspecified atom stereocenters. The van der Waals surface area contributed by atoms with Gasteiger partial charge in [-0.15, -0.1) is 0 Å². The summed E-state index contributed by atoms with van der Waals surface area (Å²) in [5, 5.41) is 3.13. The smallest absolute Gasteiger partial charge is 0.224 e. The maximum Gasteiger partial charge on any atom is 0.224 e. The van der Waals surface area contributed by atoms with Crippen LogP contribution in [0.3, 0.4) is 0 Å². The molecule has 156 valence electrons. The number of carbonyl (C=O) groups is 1. The highest BCUT2D eigenvalue weighted by atomic mass is 16.5. The first-order valence-electron chi connectivity index (χ1n) is 10.1. The molecule has 0 aliphatic carbocycles. The number of nitrogens with one attached hydrogen (secondary N) is 1. The Labute approximate surface area is 173 Å². The quantitative estimate of drug-likeness (QED) is 0.742. The van der Waals surface area contributed by atoms with E-state index in [1.807, 2.05) is 38.4 Å². The Bertz CT molecular complexity index is 769. The second kappa shape index (κ2) is 10.3. The Morgan fingerprint density at radius 1 is 1.10 bits per heavy atom. The van der Waals surface area contributed by atoms with E-state index in [1.54, 1.807) is 7.11 Å². The number of hydrogen-bond acceptors (Lipinski definition) is 5. The van der Waals surface area contributed by atoms with Crippen molar-refractivity contribution in [3.63, 3.8) is 0 Å². The predicted molar refractivity (Wildman–Crippen MR) is 116 cm³/mol. The maximum absolute atomic E-state index is 12.5. The van der Waals surface area contributed by atoms with E-state index in [1.165, 1.54) is 5.56 Å². The molecule has 1 fully saturated rings. The molecule has 2 aromatic carbocycles. The van der Waals surface area contributed by atoms with Crippen LogP contribution in [0.5, 0.6) is 5.75 Å². The van der Waals surface area contributed by atoms with Crippen molar-refractivity contribution in [2.24, 2.45) is 0 Å². The van der Waals surface area contributed by atoms with Gasteiger partial charge in [0.1, 0.15) is 5.75 Å². The molecule has 1 amide bonds. The molecule has 0 spiro atoms.